The van der Waals surface area contributed by atoms with Crippen LogP contribution in [0.4, 0.5) is 0 Å². The van der Waals surface area contributed by atoms with E-state index in [0.717, 1.165) is 70.5 Å². The van der Waals surface area contributed by atoms with Gasteiger partial charge in [0.05, 0.1) is 7.11 Å². The van der Waals surface area contributed by atoms with Gasteiger partial charge < -0.3 is 24.8 Å². The predicted molar refractivity (Wildman–Crippen MR) is 146 cm³/mol. The molecule has 2 aliphatic rings. The van der Waals surface area contributed by atoms with E-state index < -0.39 is 0 Å². The first-order valence-corrected chi connectivity index (χ1v) is 12.3. The number of nitrogens with zero attached hydrogens (tertiary/aromatic N) is 1. The maximum Gasteiger partial charge on any atom is 0.191 e. The Bertz CT molecular complexity index is 744. The minimum atomic E-state index is -0.0345. The van der Waals surface area contributed by atoms with Crippen molar-refractivity contribution in [2.75, 3.05) is 53.7 Å². The molecule has 0 atom stereocenters. The molecule has 1 saturated heterocycles. The first kappa shape index (κ1) is 28.2. The van der Waals surface area contributed by atoms with Crippen LogP contribution in [0, 0.1) is 12.3 Å². The molecule has 1 heterocycles. The van der Waals surface area contributed by atoms with Gasteiger partial charge in [-0.15, -0.1) is 24.0 Å². The molecular formula is C26H44IN3O3. The summed E-state index contributed by atoms with van der Waals surface area (Å²) in [4.78, 5) is 4.55. The number of hydrogen-bond acceptors (Lipinski definition) is 4. The Labute approximate surface area is 217 Å². The summed E-state index contributed by atoms with van der Waals surface area (Å²) in [6.45, 7) is 9.15. The molecule has 1 aromatic rings. The van der Waals surface area contributed by atoms with Crippen molar-refractivity contribution in [1.29, 1.82) is 0 Å². The van der Waals surface area contributed by atoms with Crippen molar-refractivity contribution in [3.63, 3.8) is 0 Å². The number of benzene rings is 1. The standard InChI is InChI=1S/C26H43N3O3.HI/c1-5-31-15-12-25(10-6-7-11-25)19-28-24(27-3)29-20-26(13-16-32-17-14-26)22-18-21(2)8-9-23(22)30-4;/h8-9,18H,5-7,10-17,19-20H2,1-4H3,(H2,27,28,29);1H. The first-order chi connectivity index (χ1) is 15.6. The second-order valence-electron chi connectivity index (χ2n) is 9.53. The smallest absolute Gasteiger partial charge is 0.191 e. The van der Waals surface area contributed by atoms with Crippen molar-refractivity contribution < 1.29 is 14.2 Å². The quantitative estimate of drug-likeness (QED) is 0.182. The first-order valence-electron chi connectivity index (χ1n) is 12.3. The van der Waals surface area contributed by atoms with Gasteiger partial charge in [0, 0.05) is 57.5 Å². The molecule has 0 radical (unpaired) electrons. The second-order valence-corrected chi connectivity index (χ2v) is 9.53. The predicted octanol–water partition coefficient (Wildman–Crippen LogP) is 4.82. The summed E-state index contributed by atoms with van der Waals surface area (Å²) in [5, 5.41) is 7.30. The number of guanidine groups is 1. The number of methoxy groups -OCH3 is 1. The van der Waals surface area contributed by atoms with E-state index in [1.54, 1.807) is 7.11 Å². The van der Waals surface area contributed by atoms with Gasteiger partial charge >= 0.3 is 0 Å². The molecule has 33 heavy (non-hydrogen) atoms. The third-order valence-corrected chi connectivity index (χ3v) is 7.47. The number of rotatable bonds is 10. The molecule has 1 aromatic carbocycles. The van der Waals surface area contributed by atoms with E-state index in [2.05, 4.69) is 47.7 Å². The second kappa shape index (κ2) is 13.7. The Morgan fingerprint density at radius 2 is 1.79 bits per heavy atom. The Balaban J connectivity index is 0.00000385. The molecule has 3 rings (SSSR count). The minimum absolute atomic E-state index is 0. The summed E-state index contributed by atoms with van der Waals surface area (Å²) in [7, 11) is 3.62. The molecule has 0 aromatic heterocycles. The van der Waals surface area contributed by atoms with E-state index >= 15 is 0 Å². The highest BCUT2D eigenvalue weighted by molar-refractivity contribution is 14.0. The van der Waals surface area contributed by atoms with E-state index in [0.29, 0.717) is 5.41 Å². The van der Waals surface area contributed by atoms with Crippen molar-refractivity contribution in [3.8, 4) is 5.75 Å². The summed E-state index contributed by atoms with van der Waals surface area (Å²) >= 11 is 0. The zero-order chi connectivity index (χ0) is 22.9. The zero-order valence-corrected chi connectivity index (χ0v) is 23.3. The third-order valence-electron chi connectivity index (χ3n) is 7.47. The number of halogens is 1. The van der Waals surface area contributed by atoms with Crippen LogP contribution in [0.25, 0.3) is 0 Å². The fraction of sp³-hybridized carbons (Fsp3) is 0.731. The van der Waals surface area contributed by atoms with Crippen LogP contribution in [0.2, 0.25) is 0 Å². The lowest BCUT2D eigenvalue weighted by atomic mass is 9.73. The number of aryl methyl sites for hydroxylation is 1. The Hall–Kier alpha value is -1.06. The van der Waals surface area contributed by atoms with Gasteiger partial charge in [-0.25, -0.2) is 0 Å². The van der Waals surface area contributed by atoms with E-state index in [-0.39, 0.29) is 29.4 Å². The van der Waals surface area contributed by atoms with Crippen LogP contribution < -0.4 is 15.4 Å². The van der Waals surface area contributed by atoms with Crippen LogP contribution in [-0.4, -0.2) is 59.6 Å². The van der Waals surface area contributed by atoms with E-state index in [9.17, 15) is 0 Å². The van der Waals surface area contributed by atoms with Crippen molar-refractivity contribution >= 4 is 29.9 Å². The summed E-state index contributed by atoms with van der Waals surface area (Å²) in [5.41, 5.74) is 2.82. The zero-order valence-electron chi connectivity index (χ0n) is 21.0. The van der Waals surface area contributed by atoms with Crippen LogP contribution in [-0.2, 0) is 14.9 Å². The van der Waals surface area contributed by atoms with Crippen LogP contribution in [0.5, 0.6) is 5.75 Å². The molecule has 0 bridgehead atoms. The molecule has 0 amide bonds. The molecule has 1 aliphatic carbocycles. The summed E-state index contributed by atoms with van der Waals surface area (Å²) in [6, 6.07) is 6.49. The number of hydrogen-bond donors (Lipinski definition) is 2. The Morgan fingerprint density at radius 1 is 1.09 bits per heavy atom. The summed E-state index contributed by atoms with van der Waals surface area (Å²) in [5.74, 6) is 1.84. The fourth-order valence-electron chi connectivity index (χ4n) is 5.36. The van der Waals surface area contributed by atoms with E-state index in [1.807, 2.05) is 7.05 Å². The normalized spacial score (nSPS) is 19.6. The number of aliphatic imine (C=N–C) groups is 1. The molecule has 6 nitrogen and oxygen atoms in total. The van der Waals surface area contributed by atoms with Crippen LogP contribution in [0.3, 0.4) is 0 Å². The Kier molecular flexibility index (Phi) is 11.7. The average Bonchev–Trinajstić information content (AvgIpc) is 3.29. The molecule has 1 saturated carbocycles. The van der Waals surface area contributed by atoms with Crippen molar-refractivity contribution in [1.82, 2.24) is 10.6 Å². The number of nitrogens with one attached hydrogen (secondary N) is 2. The molecule has 2 N–H and O–H groups in total. The van der Waals surface area contributed by atoms with Gasteiger partial charge in [-0.1, -0.05) is 30.5 Å². The minimum Gasteiger partial charge on any atom is -0.496 e. The molecule has 1 aliphatic heterocycles. The van der Waals surface area contributed by atoms with Gasteiger partial charge in [0.2, 0.25) is 0 Å². The van der Waals surface area contributed by atoms with Crippen molar-refractivity contribution in [3.05, 3.63) is 29.3 Å². The lowest BCUT2D eigenvalue weighted by Crippen LogP contribution is -2.50. The molecule has 188 valence electrons. The summed E-state index contributed by atoms with van der Waals surface area (Å²) < 4.78 is 17.2. The molecular weight excluding hydrogens is 529 g/mol. The monoisotopic (exact) mass is 573 g/mol. The highest BCUT2D eigenvalue weighted by atomic mass is 127. The SMILES string of the molecule is CCOCCC1(CNC(=NC)NCC2(c3cc(C)ccc3OC)CCOCC2)CCCC1.I. The largest absolute Gasteiger partial charge is 0.496 e. The van der Waals surface area contributed by atoms with Crippen LogP contribution >= 0.6 is 24.0 Å². The third kappa shape index (κ3) is 7.46. The van der Waals surface area contributed by atoms with Gasteiger partial charge in [-0.3, -0.25) is 4.99 Å². The lowest BCUT2D eigenvalue weighted by Gasteiger charge is -2.39. The van der Waals surface area contributed by atoms with Gasteiger partial charge in [0.15, 0.2) is 5.96 Å². The van der Waals surface area contributed by atoms with Crippen molar-refractivity contribution in [2.24, 2.45) is 10.4 Å². The van der Waals surface area contributed by atoms with Crippen LogP contribution in [0.15, 0.2) is 23.2 Å². The topological polar surface area (TPSA) is 64.1 Å². The highest BCUT2D eigenvalue weighted by Crippen LogP contribution is 2.41. The summed E-state index contributed by atoms with van der Waals surface area (Å²) in [6.07, 6.45) is 8.22. The maximum absolute atomic E-state index is 5.76. The molecule has 2 fully saturated rings. The van der Waals surface area contributed by atoms with Crippen molar-refractivity contribution in [2.45, 2.75) is 64.2 Å². The highest BCUT2D eigenvalue weighted by Gasteiger charge is 2.38. The molecule has 0 unspecified atom stereocenters. The van der Waals surface area contributed by atoms with Gasteiger partial charge in [-0.05, 0) is 57.4 Å². The van der Waals surface area contributed by atoms with E-state index in [1.165, 1.54) is 36.8 Å². The van der Waals surface area contributed by atoms with Gasteiger partial charge in [-0.2, -0.15) is 0 Å². The molecule has 7 heteroatoms. The average molecular weight is 574 g/mol. The maximum atomic E-state index is 5.76. The Morgan fingerprint density at radius 3 is 2.42 bits per heavy atom. The van der Waals surface area contributed by atoms with Gasteiger partial charge in [0.1, 0.15) is 5.75 Å². The molecule has 0 spiro atoms. The number of ether oxygens (including phenoxy) is 3. The lowest BCUT2D eigenvalue weighted by molar-refractivity contribution is 0.0505. The van der Waals surface area contributed by atoms with Gasteiger partial charge in [0.25, 0.3) is 0 Å². The fourth-order valence-corrected chi connectivity index (χ4v) is 5.36. The van der Waals surface area contributed by atoms with Crippen LogP contribution in [0.1, 0.15) is 63.0 Å². The van der Waals surface area contributed by atoms with E-state index in [4.69, 9.17) is 14.2 Å².